The molecule has 3 N–H and O–H groups in total. The molecule has 29 heavy (non-hydrogen) atoms. The number of carboxylic acid groups (broad SMARTS) is 1. The maximum absolute atomic E-state index is 12.5. The molecule has 1 aromatic carbocycles. The van der Waals surface area contributed by atoms with Gasteiger partial charge in [-0.25, -0.2) is 8.42 Å². The van der Waals surface area contributed by atoms with Gasteiger partial charge in [0.05, 0.1) is 16.7 Å². The van der Waals surface area contributed by atoms with E-state index in [1.807, 2.05) is 0 Å². The van der Waals surface area contributed by atoms with Gasteiger partial charge < -0.3 is 5.11 Å². The van der Waals surface area contributed by atoms with Crippen LogP contribution in [0.1, 0.15) is 36.0 Å². The minimum absolute atomic E-state index is 0.110. The predicted octanol–water partition coefficient (Wildman–Crippen LogP) is 0.899. The van der Waals surface area contributed by atoms with E-state index in [2.05, 4.69) is 10.9 Å². The highest BCUT2D eigenvalue weighted by molar-refractivity contribution is 7.89. The van der Waals surface area contributed by atoms with Crippen molar-refractivity contribution in [2.45, 2.75) is 30.6 Å². The molecule has 0 bridgehead atoms. The van der Waals surface area contributed by atoms with E-state index in [-0.39, 0.29) is 23.3 Å². The van der Waals surface area contributed by atoms with Crippen molar-refractivity contribution >= 4 is 27.8 Å². The molecule has 0 radical (unpaired) electrons. The number of hydrazine groups is 1. The van der Waals surface area contributed by atoms with Crippen molar-refractivity contribution in [3.8, 4) is 0 Å². The van der Waals surface area contributed by atoms with Gasteiger partial charge in [0.15, 0.2) is 0 Å². The molecule has 2 aliphatic rings. The van der Waals surface area contributed by atoms with Crippen molar-refractivity contribution in [3.05, 3.63) is 42.0 Å². The number of rotatable bonds is 5. The normalized spacial score (nSPS) is 22.2. The van der Waals surface area contributed by atoms with Crippen LogP contribution in [0.15, 0.2) is 41.3 Å². The Morgan fingerprint density at radius 1 is 0.931 bits per heavy atom. The van der Waals surface area contributed by atoms with E-state index in [0.29, 0.717) is 13.1 Å². The monoisotopic (exact) mass is 421 g/mol. The van der Waals surface area contributed by atoms with Gasteiger partial charge in [-0.2, -0.15) is 4.31 Å². The van der Waals surface area contributed by atoms with Crippen molar-refractivity contribution in [2.75, 3.05) is 13.1 Å². The summed E-state index contributed by atoms with van der Waals surface area (Å²) in [6.07, 6.45) is 5.66. The minimum atomic E-state index is -3.57. The molecule has 10 heteroatoms. The largest absolute Gasteiger partial charge is 0.481 e. The molecule has 0 saturated carbocycles. The topological polar surface area (TPSA) is 133 Å². The summed E-state index contributed by atoms with van der Waals surface area (Å²) in [4.78, 5) is 35.9. The molecule has 2 atom stereocenters. The van der Waals surface area contributed by atoms with E-state index < -0.39 is 39.6 Å². The fourth-order valence-corrected chi connectivity index (χ4v) is 5.03. The van der Waals surface area contributed by atoms with Crippen LogP contribution in [-0.2, 0) is 19.6 Å². The Morgan fingerprint density at radius 2 is 1.52 bits per heavy atom. The summed E-state index contributed by atoms with van der Waals surface area (Å²) in [7, 11) is -3.57. The Hall–Kier alpha value is -2.72. The van der Waals surface area contributed by atoms with Gasteiger partial charge in [0, 0.05) is 18.7 Å². The zero-order valence-electron chi connectivity index (χ0n) is 15.7. The SMILES string of the molecule is O=C(NNC(=O)[C@@H]1CC=CC[C@H]1C(=O)O)c1ccc(S(=O)(=O)N2CCCC2)cc1. The number of nitrogens with zero attached hydrogens (tertiary/aromatic N) is 1. The van der Waals surface area contributed by atoms with Gasteiger partial charge in [0.1, 0.15) is 0 Å². The van der Waals surface area contributed by atoms with Gasteiger partial charge >= 0.3 is 5.97 Å². The number of hydrogen-bond acceptors (Lipinski definition) is 5. The fraction of sp³-hybridized carbons (Fsp3) is 0.421. The summed E-state index contributed by atoms with van der Waals surface area (Å²) in [5, 5.41) is 9.23. The van der Waals surface area contributed by atoms with Crippen molar-refractivity contribution < 1.29 is 27.9 Å². The third kappa shape index (κ3) is 4.65. The summed E-state index contributed by atoms with van der Waals surface area (Å²) in [6, 6.07) is 5.45. The number of carboxylic acids is 1. The van der Waals surface area contributed by atoms with Crippen molar-refractivity contribution in [1.82, 2.24) is 15.2 Å². The molecule has 156 valence electrons. The van der Waals surface area contributed by atoms with Crippen LogP contribution in [0.5, 0.6) is 0 Å². The highest BCUT2D eigenvalue weighted by Crippen LogP contribution is 2.26. The quantitative estimate of drug-likeness (QED) is 0.478. The van der Waals surface area contributed by atoms with Crippen LogP contribution in [0.4, 0.5) is 0 Å². The Kier molecular flexibility index (Phi) is 6.33. The summed E-state index contributed by atoms with van der Waals surface area (Å²) in [5.41, 5.74) is 4.69. The van der Waals surface area contributed by atoms with E-state index in [4.69, 9.17) is 0 Å². The predicted molar refractivity (Wildman–Crippen MR) is 103 cm³/mol. The molecule has 1 aliphatic heterocycles. The fourth-order valence-electron chi connectivity index (χ4n) is 3.52. The number of allylic oxidation sites excluding steroid dienone is 2. The highest BCUT2D eigenvalue weighted by atomic mass is 32.2. The molecule has 2 amide bonds. The molecule has 0 unspecified atom stereocenters. The minimum Gasteiger partial charge on any atom is -0.481 e. The molecule has 0 aromatic heterocycles. The second-order valence-corrected chi connectivity index (χ2v) is 9.01. The average Bonchev–Trinajstić information content (AvgIpc) is 3.27. The second kappa shape index (κ2) is 8.75. The lowest BCUT2D eigenvalue weighted by atomic mass is 9.82. The van der Waals surface area contributed by atoms with Crippen LogP contribution in [0.3, 0.4) is 0 Å². The maximum Gasteiger partial charge on any atom is 0.307 e. The van der Waals surface area contributed by atoms with Crippen LogP contribution in [0, 0.1) is 11.8 Å². The standard InChI is InChI=1S/C19H23N3O6S/c23-17(20-21-18(24)15-5-1-2-6-16(15)19(25)26)13-7-9-14(10-8-13)29(27,28)22-11-3-4-12-22/h1-2,7-10,15-16H,3-6,11-12H2,(H,20,23)(H,21,24)(H,25,26)/t15-,16-/m1/s1. The number of amides is 2. The smallest absolute Gasteiger partial charge is 0.307 e. The molecular formula is C19H23N3O6S. The number of carbonyl (C=O) groups excluding carboxylic acids is 2. The maximum atomic E-state index is 12.5. The number of benzene rings is 1. The molecule has 1 heterocycles. The first kappa shape index (κ1) is 21.0. The Labute approximate surface area is 168 Å². The summed E-state index contributed by atoms with van der Waals surface area (Å²) in [5.74, 6) is -3.88. The average molecular weight is 421 g/mol. The van der Waals surface area contributed by atoms with Crippen molar-refractivity contribution in [2.24, 2.45) is 11.8 Å². The van der Waals surface area contributed by atoms with E-state index in [9.17, 15) is 27.9 Å². The summed E-state index contributed by atoms with van der Waals surface area (Å²) >= 11 is 0. The summed E-state index contributed by atoms with van der Waals surface area (Å²) < 4.78 is 26.4. The molecule has 0 spiro atoms. The Balaban J connectivity index is 1.60. The third-order valence-corrected chi connectivity index (χ3v) is 7.12. The second-order valence-electron chi connectivity index (χ2n) is 7.07. The number of nitrogens with one attached hydrogen (secondary N) is 2. The molecule has 1 aliphatic carbocycles. The van der Waals surface area contributed by atoms with E-state index in [0.717, 1.165) is 12.8 Å². The van der Waals surface area contributed by atoms with E-state index in [1.54, 1.807) is 12.2 Å². The molecule has 9 nitrogen and oxygen atoms in total. The van der Waals surface area contributed by atoms with Crippen LogP contribution in [0.25, 0.3) is 0 Å². The van der Waals surface area contributed by atoms with Crippen LogP contribution >= 0.6 is 0 Å². The zero-order valence-corrected chi connectivity index (χ0v) is 16.5. The van der Waals surface area contributed by atoms with E-state index >= 15 is 0 Å². The van der Waals surface area contributed by atoms with E-state index in [1.165, 1.54) is 28.6 Å². The van der Waals surface area contributed by atoms with Gasteiger partial charge in [0.2, 0.25) is 15.9 Å². The lowest BCUT2D eigenvalue weighted by Gasteiger charge is -2.24. The highest BCUT2D eigenvalue weighted by Gasteiger charge is 2.34. The third-order valence-electron chi connectivity index (χ3n) is 5.20. The van der Waals surface area contributed by atoms with Crippen molar-refractivity contribution in [1.29, 1.82) is 0 Å². The first-order valence-corrected chi connectivity index (χ1v) is 10.8. The van der Waals surface area contributed by atoms with Crippen LogP contribution < -0.4 is 10.9 Å². The van der Waals surface area contributed by atoms with Gasteiger partial charge in [0.25, 0.3) is 5.91 Å². The molecular weight excluding hydrogens is 398 g/mol. The molecule has 1 saturated heterocycles. The molecule has 1 aromatic rings. The lowest BCUT2D eigenvalue weighted by Crippen LogP contribution is -2.47. The van der Waals surface area contributed by atoms with Crippen molar-refractivity contribution in [3.63, 3.8) is 0 Å². The Bertz CT molecular complexity index is 920. The number of aliphatic carboxylic acids is 1. The molecule has 1 fully saturated rings. The zero-order chi connectivity index (χ0) is 21.0. The van der Waals surface area contributed by atoms with Crippen LogP contribution in [0.2, 0.25) is 0 Å². The summed E-state index contributed by atoms with van der Waals surface area (Å²) in [6.45, 7) is 0.981. The Morgan fingerprint density at radius 3 is 2.10 bits per heavy atom. The molecule has 3 rings (SSSR count). The van der Waals surface area contributed by atoms with Gasteiger partial charge in [-0.05, 0) is 49.9 Å². The number of hydrogen-bond donors (Lipinski definition) is 3. The number of carbonyl (C=O) groups is 3. The number of sulfonamides is 1. The lowest BCUT2D eigenvalue weighted by molar-refractivity contribution is -0.147. The first-order chi connectivity index (χ1) is 13.8. The van der Waals surface area contributed by atoms with Gasteiger partial charge in [-0.15, -0.1) is 0 Å². The first-order valence-electron chi connectivity index (χ1n) is 9.39. The van der Waals surface area contributed by atoms with Gasteiger partial charge in [-0.1, -0.05) is 12.2 Å². The van der Waals surface area contributed by atoms with Crippen LogP contribution in [-0.4, -0.2) is 48.7 Å². The van der Waals surface area contributed by atoms with Gasteiger partial charge in [-0.3, -0.25) is 25.2 Å².